The third-order valence-electron chi connectivity index (χ3n) is 5.44. The van der Waals surface area contributed by atoms with Gasteiger partial charge in [0.15, 0.2) is 0 Å². The van der Waals surface area contributed by atoms with E-state index in [-0.39, 0.29) is 24.1 Å². The number of fused-ring (bicyclic) bond motifs is 1. The van der Waals surface area contributed by atoms with E-state index in [2.05, 4.69) is 20.6 Å². The molecule has 0 aliphatic rings. The molecule has 0 atom stereocenters. The molecule has 0 spiro atoms. The van der Waals surface area contributed by atoms with E-state index in [1.54, 1.807) is 24.4 Å². The highest BCUT2D eigenvalue weighted by Gasteiger charge is 2.12. The van der Waals surface area contributed by atoms with Crippen molar-refractivity contribution in [1.29, 1.82) is 0 Å². The van der Waals surface area contributed by atoms with Crippen molar-refractivity contribution < 1.29 is 13.6 Å². The molecule has 0 radical (unpaired) electrons. The van der Waals surface area contributed by atoms with E-state index in [4.69, 9.17) is 0 Å². The van der Waals surface area contributed by atoms with Crippen LogP contribution in [0.4, 0.5) is 8.78 Å². The number of hydrogen-bond donors (Lipinski definition) is 3. The maximum Gasteiger partial charge on any atom is 0.253 e. The lowest BCUT2D eigenvalue weighted by Crippen LogP contribution is -2.23. The van der Waals surface area contributed by atoms with Gasteiger partial charge in [-0.2, -0.15) is 0 Å². The molecule has 0 saturated heterocycles. The molecule has 0 fully saturated rings. The van der Waals surface area contributed by atoms with Gasteiger partial charge in [0.05, 0.1) is 5.56 Å². The van der Waals surface area contributed by atoms with Crippen LogP contribution in [0.15, 0.2) is 55.0 Å². The molecule has 1 amide bonds. The van der Waals surface area contributed by atoms with E-state index in [0.717, 1.165) is 22.0 Å². The van der Waals surface area contributed by atoms with Crippen molar-refractivity contribution in [3.8, 4) is 0 Å². The van der Waals surface area contributed by atoms with Gasteiger partial charge < -0.3 is 15.6 Å². The topological polar surface area (TPSA) is 69.8 Å². The third-order valence-corrected chi connectivity index (χ3v) is 5.44. The number of aromatic amines is 1. The van der Waals surface area contributed by atoms with Gasteiger partial charge in [-0.05, 0) is 60.5 Å². The normalized spacial score (nSPS) is 11.1. The summed E-state index contributed by atoms with van der Waals surface area (Å²) in [6.45, 7) is 2.58. The minimum absolute atomic E-state index is 0.0526. The fourth-order valence-electron chi connectivity index (χ4n) is 3.72. The number of benzene rings is 2. The largest absolute Gasteiger partial charge is 0.361 e. The summed E-state index contributed by atoms with van der Waals surface area (Å²) >= 11 is 0. The zero-order valence-electron chi connectivity index (χ0n) is 17.9. The first-order valence-corrected chi connectivity index (χ1v) is 10.3. The molecule has 2 aromatic heterocycles. The van der Waals surface area contributed by atoms with E-state index in [1.807, 2.05) is 26.2 Å². The first kappa shape index (κ1) is 21.6. The minimum atomic E-state index is -0.385. The number of aromatic nitrogens is 2. The Labute approximate surface area is 184 Å². The van der Waals surface area contributed by atoms with E-state index >= 15 is 0 Å². The van der Waals surface area contributed by atoms with Crippen LogP contribution in [0.3, 0.4) is 0 Å². The minimum Gasteiger partial charge on any atom is -0.361 e. The van der Waals surface area contributed by atoms with Crippen molar-refractivity contribution in [3.63, 3.8) is 0 Å². The third kappa shape index (κ3) is 4.68. The first-order valence-electron chi connectivity index (χ1n) is 10.3. The van der Waals surface area contributed by atoms with Crippen LogP contribution < -0.4 is 10.6 Å². The number of rotatable bonds is 7. The molecule has 5 nitrogen and oxygen atoms in total. The van der Waals surface area contributed by atoms with Crippen LogP contribution in [0.25, 0.3) is 10.9 Å². The van der Waals surface area contributed by atoms with Crippen molar-refractivity contribution in [2.75, 3.05) is 7.05 Å². The molecule has 164 valence electrons. The fraction of sp³-hybridized carbons (Fsp3) is 0.200. The number of amides is 1. The molecule has 0 aliphatic carbocycles. The Kier molecular flexibility index (Phi) is 6.28. The quantitative estimate of drug-likeness (QED) is 0.404. The maximum absolute atomic E-state index is 14.4. The van der Waals surface area contributed by atoms with Gasteiger partial charge in [-0.15, -0.1) is 0 Å². The van der Waals surface area contributed by atoms with Crippen molar-refractivity contribution in [1.82, 2.24) is 20.6 Å². The molecule has 4 aromatic rings. The summed E-state index contributed by atoms with van der Waals surface area (Å²) < 4.78 is 28.8. The Bertz CT molecular complexity index is 1280. The monoisotopic (exact) mass is 434 g/mol. The second-order valence-electron chi connectivity index (χ2n) is 7.86. The van der Waals surface area contributed by atoms with Crippen LogP contribution in [-0.2, 0) is 19.5 Å². The average Bonchev–Trinajstić information content (AvgIpc) is 3.13. The standard InChI is InChI=1S/C25H24F2N4O/c1-15-10-30-24-9-23(27)19(8-21(15)24)14-31-25(32)20-6-17(12-29-13-20)5-18-4-3-16(11-28-2)7-22(18)26/h3-4,6-10,12-13,28,30H,5,11,14H2,1-2H3,(H,31,32). The average molecular weight is 434 g/mol. The highest BCUT2D eigenvalue weighted by molar-refractivity contribution is 5.94. The van der Waals surface area contributed by atoms with Gasteiger partial charge in [-0.25, -0.2) is 8.78 Å². The fourth-order valence-corrected chi connectivity index (χ4v) is 3.72. The second-order valence-corrected chi connectivity index (χ2v) is 7.86. The van der Waals surface area contributed by atoms with Crippen molar-refractivity contribution >= 4 is 16.8 Å². The van der Waals surface area contributed by atoms with Crippen molar-refractivity contribution in [3.05, 3.63) is 100 Å². The maximum atomic E-state index is 14.4. The predicted octanol–water partition coefficient (Wildman–Crippen LogP) is 4.39. The number of nitrogens with zero attached hydrogens (tertiary/aromatic N) is 1. The van der Waals surface area contributed by atoms with Gasteiger partial charge in [0.1, 0.15) is 11.6 Å². The number of aryl methyl sites for hydroxylation is 1. The Hall–Kier alpha value is -3.58. The molecule has 0 bridgehead atoms. The van der Waals surface area contributed by atoms with Crippen LogP contribution in [0.5, 0.6) is 0 Å². The summed E-state index contributed by atoms with van der Waals surface area (Å²) in [5.74, 6) is -1.04. The van der Waals surface area contributed by atoms with Crippen LogP contribution >= 0.6 is 0 Å². The summed E-state index contributed by atoms with van der Waals surface area (Å²) in [6.07, 6.45) is 5.19. The smallest absolute Gasteiger partial charge is 0.253 e. The SMILES string of the molecule is CNCc1ccc(Cc2cncc(C(=O)NCc3cc4c(C)c[nH]c4cc3F)c2)c(F)c1. The molecular weight excluding hydrogens is 410 g/mol. The number of carbonyl (C=O) groups excluding carboxylic acids is 1. The molecule has 2 aromatic carbocycles. The molecule has 2 heterocycles. The van der Waals surface area contributed by atoms with Gasteiger partial charge in [0.2, 0.25) is 0 Å². The zero-order valence-corrected chi connectivity index (χ0v) is 17.9. The lowest BCUT2D eigenvalue weighted by atomic mass is 10.0. The summed E-state index contributed by atoms with van der Waals surface area (Å²) in [6, 6.07) is 9.98. The second kappa shape index (κ2) is 9.28. The molecule has 0 aliphatic heterocycles. The van der Waals surface area contributed by atoms with Gasteiger partial charge in [0, 0.05) is 54.6 Å². The highest BCUT2D eigenvalue weighted by Crippen LogP contribution is 2.22. The summed E-state index contributed by atoms with van der Waals surface area (Å²) in [5.41, 5.74) is 4.58. The summed E-state index contributed by atoms with van der Waals surface area (Å²) in [4.78, 5) is 19.8. The number of hydrogen-bond acceptors (Lipinski definition) is 3. The van der Waals surface area contributed by atoms with Gasteiger partial charge >= 0.3 is 0 Å². The first-order chi connectivity index (χ1) is 15.4. The van der Waals surface area contributed by atoms with E-state index < -0.39 is 0 Å². The summed E-state index contributed by atoms with van der Waals surface area (Å²) in [7, 11) is 1.81. The zero-order chi connectivity index (χ0) is 22.7. The molecule has 4 rings (SSSR count). The Morgan fingerprint density at radius 2 is 1.81 bits per heavy atom. The summed E-state index contributed by atoms with van der Waals surface area (Å²) in [5, 5.41) is 6.66. The van der Waals surface area contributed by atoms with Crippen LogP contribution in [0, 0.1) is 18.6 Å². The van der Waals surface area contributed by atoms with E-state index in [9.17, 15) is 13.6 Å². The predicted molar refractivity (Wildman–Crippen MR) is 120 cm³/mol. The van der Waals surface area contributed by atoms with Crippen molar-refractivity contribution in [2.45, 2.75) is 26.4 Å². The van der Waals surface area contributed by atoms with Crippen LogP contribution in [-0.4, -0.2) is 22.9 Å². The van der Waals surface area contributed by atoms with E-state index in [0.29, 0.717) is 35.2 Å². The highest BCUT2D eigenvalue weighted by atomic mass is 19.1. The molecule has 3 N–H and O–H groups in total. The molecular formula is C25H24F2N4O. The Morgan fingerprint density at radius 3 is 2.59 bits per heavy atom. The van der Waals surface area contributed by atoms with Gasteiger partial charge in [0.25, 0.3) is 5.91 Å². The molecule has 32 heavy (non-hydrogen) atoms. The van der Waals surface area contributed by atoms with Crippen LogP contribution in [0.2, 0.25) is 0 Å². The molecule has 0 unspecified atom stereocenters. The lowest BCUT2D eigenvalue weighted by molar-refractivity contribution is 0.0950. The number of halogens is 2. The number of carbonyl (C=O) groups is 1. The molecule has 7 heteroatoms. The Morgan fingerprint density at radius 1 is 1.00 bits per heavy atom. The van der Waals surface area contributed by atoms with Crippen LogP contribution in [0.1, 0.15) is 38.2 Å². The lowest BCUT2D eigenvalue weighted by Gasteiger charge is -2.09. The number of pyridine rings is 1. The number of nitrogens with one attached hydrogen (secondary N) is 3. The van der Waals surface area contributed by atoms with Gasteiger partial charge in [-0.1, -0.05) is 12.1 Å². The molecule has 0 saturated carbocycles. The number of H-pyrrole nitrogens is 1. The van der Waals surface area contributed by atoms with Crippen molar-refractivity contribution in [2.24, 2.45) is 0 Å². The Balaban J connectivity index is 1.46. The van der Waals surface area contributed by atoms with Gasteiger partial charge in [-0.3, -0.25) is 9.78 Å². The van der Waals surface area contributed by atoms with E-state index in [1.165, 1.54) is 18.3 Å².